The van der Waals surface area contributed by atoms with Crippen LogP contribution in [0, 0.1) is 0 Å². The van der Waals surface area contributed by atoms with E-state index in [-0.39, 0.29) is 5.41 Å². The zero-order chi connectivity index (χ0) is 20.5. The number of alkyl halides is 1. The summed E-state index contributed by atoms with van der Waals surface area (Å²) < 4.78 is 11.5. The van der Waals surface area contributed by atoms with E-state index in [2.05, 4.69) is 44.2 Å². The van der Waals surface area contributed by atoms with Gasteiger partial charge in [0.2, 0.25) is 0 Å². The number of hydrogen-bond donors (Lipinski definition) is 0. The molecule has 0 spiro atoms. The highest BCUT2D eigenvalue weighted by Gasteiger charge is 2.20. The Labute approximate surface area is 179 Å². The van der Waals surface area contributed by atoms with Crippen LogP contribution in [0.4, 0.5) is 0 Å². The Hall–Kier alpha value is -2.45. The highest BCUT2D eigenvalue weighted by atomic mass is 35.5. The third kappa shape index (κ3) is 6.54. The molecule has 0 unspecified atom stereocenters. The van der Waals surface area contributed by atoms with Crippen molar-refractivity contribution < 1.29 is 9.47 Å². The molecule has 0 saturated carbocycles. The first-order valence-electron chi connectivity index (χ1n) is 10.2. The van der Waals surface area contributed by atoms with Gasteiger partial charge in [-0.25, -0.2) is 0 Å². The van der Waals surface area contributed by atoms with E-state index >= 15 is 0 Å². The first-order chi connectivity index (χ1) is 14.1. The molecule has 0 aliphatic heterocycles. The third-order valence-corrected chi connectivity index (χ3v) is 5.28. The quantitative estimate of drug-likeness (QED) is 0.325. The minimum Gasteiger partial charge on any atom is -0.492 e. The van der Waals surface area contributed by atoms with Crippen molar-refractivity contribution in [3.8, 4) is 17.2 Å². The normalized spacial score (nSPS) is 11.3. The molecule has 0 saturated heterocycles. The van der Waals surface area contributed by atoms with E-state index < -0.39 is 0 Å². The van der Waals surface area contributed by atoms with Gasteiger partial charge in [0.1, 0.15) is 23.9 Å². The summed E-state index contributed by atoms with van der Waals surface area (Å²) in [5, 5.41) is 0. The Kier molecular flexibility index (Phi) is 7.60. The summed E-state index contributed by atoms with van der Waals surface area (Å²) in [6.45, 7) is 5.14. The fourth-order valence-corrected chi connectivity index (χ4v) is 3.50. The molecule has 0 aliphatic carbocycles. The number of rotatable bonds is 10. The summed E-state index contributed by atoms with van der Waals surface area (Å²) in [5.74, 6) is 3.13. The smallest absolute Gasteiger partial charge is 0.127 e. The maximum absolute atomic E-state index is 5.95. The summed E-state index contributed by atoms with van der Waals surface area (Å²) in [7, 11) is 0. The summed E-state index contributed by atoms with van der Waals surface area (Å²) in [6.07, 6.45) is 3.26. The van der Waals surface area contributed by atoms with Crippen molar-refractivity contribution in [2.75, 3.05) is 12.5 Å². The lowest BCUT2D eigenvalue weighted by Gasteiger charge is -2.25. The molecule has 0 fully saturated rings. The van der Waals surface area contributed by atoms with E-state index in [4.69, 9.17) is 21.1 Å². The minimum atomic E-state index is 0.114. The van der Waals surface area contributed by atoms with Crippen LogP contribution >= 0.6 is 11.6 Å². The van der Waals surface area contributed by atoms with Gasteiger partial charge in [0.05, 0.1) is 5.88 Å². The van der Waals surface area contributed by atoms with Crippen LogP contribution in [0.1, 0.15) is 37.8 Å². The summed E-state index contributed by atoms with van der Waals surface area (Å²) in [4.78, 5) is 0. The van der Waals surface area contributed by atoms with Crippen LogP contribution in [0.2, 0.25) is 0 Å². The highest BCUT2D eigenvalue weighted by Crippen LogP contribution is 2.31. The minimum absolute atomic E-state index is 0.114. The Morgan fingerprint density at radius 1 is 0.793 bits per heavy atom. The van der Waals surface area contributed by atoms with Crippen molar-refractivity contribution in [2.24, 2.45) is 0 Å². The van der Waals surface area contributed by atoms with Crippen molar-refractivity contribution in [3.05, 3.63) is 90.0 Å². The zero-order valence-corrected chi connectivity index (χ0v) is 18.0. The van der Waals surface area contributed by atoms with Gasteiger partial charge in [-0.1, -0.05) is 56.3 Å². The molecule has 3 rings (SSSR count). The number of halogens is 1. The van der Waals surface area contributed by atoms with Crippen LogP contribution in [0.5, 0.6) is 17.2 Å². The van der Waals surface area contributed by atoms with Crippen molar-refractivity contribution in [2.45, 2.75) is 38.5 Å². The standard InChI is InChI=1S/C26H29ClO2/c1-26(2,22-13-15-23(16-14-22)28-19-18-27)17-7-9-21-8-6-12-25(20-21)29-24-10-4-3-5-11-24/h3-6,8,10-16,20H,7,9,17-19H2,1-2H3. The predicted octanol–water partition coefficient (Wildman–Crippen LogP) is 7.40. The lowest BCUT2D eigenvalue weighted by Crippen LogP contribution is -2.17. The molecule has 0 aliphatic rings. The Morgan fingerprint density at radius 2 is 1.52 bits per heavy atom. The van der Waals surface area contributed by atoms with E-state index in [1.165, 1.54) is 11.1 Å². The van der Waals surface area contributed by atoms with Crippen molar-refractivity contribution in [1.82, 2.24) is 0 Å². The molecule has 0 atom stereocenters. The van der Waals surface area contributed by atoms with Crippen LogP contribution < -0.4 is 9.47 Å². The maximum atomic E-state index is 5.95. The molecule has 0 bridgehead atoms. The van der Waals surface area contributed by atoms with E-state index in [1.54, 1.807) is 0 Å². The SMILES string of the molecule is CC(C)(CCCc1cccc(Oc2ccccc2)c1)c1ccc(OCCCl)cc1. The zero-order valence-electron chi connectivity index (χ0n) is 17.2. The van der Waals surface area contributed by atoms with Gasteiger partial charge in [-0.3, -0.25) is 0 Å². The molecule has 0 radical (unpaired) electrons. The molecule has 29 heavy (non-hydrogen) atoms. The van der Waals surface area contributed by atoms with Gasteiger partial charge < -0.3 is 9.47 Å². The summed E-state index contributed by atoms with van der Waals surface area (Å²) in [6, 6.07) is 26.7. The van der Waals surface area contributed by atoms with Crippen molar-refractivity contribution in [3.63, 3.8) is 0 Å². The monoisotopic (exact) mass is 408 g/mol. The topological polar surface area (TPSA) is 18.5 Å². The van der Waals surface area contributed by atoms with Crippen LogP contribution in [-0.2, 0) is 11.8 Å². The second kappa shape index (κ2) is 10.4. The van der Waals surface area contributed by atoms with Crippen molar-refractivity contribution >= 4 is 11.6 Å². The van der Waals surface area contributed by atoms with Crippen molar-refractivity contribution in [1.29, 1.82) is 0 Å². The highest BCUT2D eigenvalue weighted by molar-refractivity contribution is 6.18. The number of hydrogen-bond acceptors (Lipinski definition) is 2. The van der Waals surface area contributed by atoms with E-state index in [0.29, 0.717) is 12.5 Å². The largest absolute Gasteiger partial charge is 0.492 e. The molecule has 2 nitrogen and oxygen atoms in total. The lowest BCUT2D eigenvalue weighted by atomic mass is 9.80. The fraction of sp³-hybridized carbons (Fsp3) is 0.308. The summed E-state index contributed by atoms with van der Waals surface area (Å²) in [5.41, 5.74) is 2.75. The second-order valence-corrected chi connectivity index (χ2v) is 8.24. The number of aryl methyl sites for hydroxylation is 1. The second-order valence-electron chi connectivity index (χ2n) is 7.86. The summed E-state index contributed by atoms with van der Waals surface area (Å²) >= 11 is 5.68. The molecular weight excluding hydrogens is 380 g/mol. The van der Waals surface area contributed by atoms with Gasteiger partial charge >= 0.3 is 0 Å². The maximum Gasteiger partial charge on any atom is 0.127 e. The molecule has 0 amide bonds. The van der Waals surface area contributed by atoms with E-state index in [9.17, 15) is 0 Å². The van der Waals surface area contributed by atoms with Gasteiger partial charge in [0, 0.05) is 0 Å². The van der Waals surface area contributed by atoms with Crippen LogP contribution in [0.3, 0.4) is 0 Å². The average Bonchev–Trinajstić information content (AvgIpc) is 2.73. The Bertz CT molecular complexity index is 873. The van der Waals surface area contributed by atoms with Crippen LogP contribution in [-0.4, -0.2) is 12.5 Å². The first-order valence-corrected chi connectivity index (χ1v) is 10.7. The Morgan fingerprint density at radius 3 is 2.24 bits per heavy atom. The Balaban J connectivity index is 1.54. The average molecular weight is 409 g/mol. The molecular formula is C26H29ClO2. The molecule has 3 aromatic carbocycles. The molecule has 3 heteroatoms. The molecule has 0 aromatic heterocycles. The third-order valence-electron chi connectivity index (χ3n) is 5.13. The first kappa shape index (κ1) is 21.3. The van der Waals surface area contributed by atoms with Gasteiger partial charge in [-0.2, -0.15) is 0 Å². The number of benzene rings is 3. The number of ether oxygens (including phenoxy) is 2. The van der Waals surface area contributed by atoms with Gasteiger partial charge in [0.15, 0.2) is 0 Å². The fourth-order valence-electron chi connectivity index (χ4n) is 3.43. The van der Waals surface area contributed by atoms with Gasteiger partial charge in [-0.05, 0) is 72.2 Å². The predicted molar refractivity (Wildman–Crippen MR) is 122 cm³/mol. The molecule has 0 N–H and O–H groups in total. The molecule has 0 heterocycles. The number of para-hydroxylation sites is 1. The molecule has 152 valence electrons. The van der Waals surface area contributed by atoms with Gasteiger partial charge in [0.25, 0.3) is 0 Å². The van der Waals surface area contributed by atoms with Crippen LogP contribution in [0.25, 0.3) is 0 Å². The van der Waals surface area contributed by atoms with Crippen LogP contribution in [0.15, 0.2) is 78.9 Å². The van der Waals surface area contributed by atoms with E-state index in [0.717, 1.165) is 36.5 Å². The molecule has 3 aromatic rings. The lowest BCUT2D eigenvalue weighted by molar-refractivity contribution is 0.342. The van der Waals surface area contributed by atoms with E-state index in [1.807, 2.05) is 48.5 Å². The van der Waals surface area contributed by atoms with Gasteiger partial charge in [-0.15, -0.1) is 11.6 Å².